The molecule has 1 saturated heterocycles. The van der Waals surface area contributed by atoms with E-state index in [-0.39, 0.29) is 27.5 Å². The molecule has 0 aliphatic carbocycles. The highest BCUT2D eigenvalue weighted by Gasteiger charge is 2.35. The van der Waals surface area contributed by atoms with E-state index >= 15 is 0 Å². The van der Waals surface area contributed by atoms with Crippen LogP contribution in [0, 0.1) is 20.8 Å². The Hall–Kier alpha value is -4.57. The number of carbonyl (C=O) groups is 4. The van der Waals surface area contributed by atoms with Crippen LogP contribution in [0.4, 0.5) is 5.69 Å². The number of nitrogens with zero attached hydrogens (tertiary/aromatic N) is 2. The molecule has 2 aromatic carbocycles. The molecule has 0 spiro atoms. The Labute approximate surface area is 211 Å². The van der Waals surface area contributed by atoms with Gasteiger partial charge < -0.3 is 14.8 Å². The van der Waals surface area contributed by atoms with E-state index in [4.69, 9.17) is 12.2 Å². The van der Waals surface area contributed by atoms with Crippen molar-refractivity contribution in [3.8, 4) is 5.69 Å². The highest BCUT2D eigenvalue weighted by molar-refractivity contribution is 7.80. The zero-order chi connectivity index (χ0) is 26.3. The van der Waals surface area contributed by atoms with Crippen molar-refractivity contribution >= 4 is 52.8 Å². The normalized spacial score (nSPS) is 14.8. The molecule has 9 nitrogen and oxygen atoms in total. The predicted octanol–water partition coefficient (Wildman–Crippen LogP) is 3.63. The third kappa shape index (κ3) is 4.18. The summed E-state index contributed by atoms with van der Waals surface area (Å²) in [6, 6.07) is 12.5. The summed E-state index contributed by atoms with van der Waals surface area (Å²) in [5.41, 5.74) is 3.47. The number of thiocarbonyl (C=S) groups is 1. The summed E-state index contributed by atoms with van der Waals surface area (Å²) in [4.78, 5) is 50.2. The molecule has 3 N–H and O–H groups in total. The van der Waals surface area contributed by atoms with E-state index in [0.717, 1.165) is 10.6 Å². The number of hydrogen-bond donors (Lipinski definition) is 3. The van der Waals surface area contributed by atoms with Gasteiger partial charge in [0.15, 0.2) is 5.11 Å². The summed E-state index contributed by atoms with van der Waals surface area (Å²) in [5, 5.41) is 21.1. The fraction of sp³-hybridized carbons (Fsp3) is 0.115. The van der Waals surface area contributed by atoms with Gasteiger partial charge in [-0.3, -0.25) is 19.8 Å². The number of carbonyl (C=O) groups excluding carboxylic acids is 2. The highest BCUT2D eigenvalue weighted by atomic mass is 32.1. The van der Waals surface area contributed by atoms with E-state index in [9.17, 15) is 29.4 Å². The molecule has 0 radical (unpaired) electrons. The quantitative estimate of drug-likeness (QED) is 0.275. The first kappa shape index (κ1) is 24.6. The van der Waals surface area contributed by atoms with Gasteiger partial charge in [0.05, 0.1) is 16.8 Å². The third-order valence-corrected chi connectivity index (χ3v) is 6.28. The second-order valence-corrected chi connectivity index (χ2v) is 8.62. The van der Waals surface area contributed by atoms with Crippen LogP contribution in [0.5, 0.6) is 0 Å². The van der Waals surface area contributed by atoms with Crippen LogP contribution in [0.3, 0.4) is 0 Å². The summed E-state index contributed by atoms with van der Waals surface area (Å²) in [6.45, 7) is 5.36. The second-order valence-electron chi connectivity index (χ2n) is 8.23. The van der Waals surface area contributed by atoms with Crippen molar-refractivity contribution in [2.24, 2.45) is 0 Å². The second kappa shape index (κ2) is 9.23. The molecule has 1 aromatic heterocycles. The maximum absolute atomic E-state index is 13.4. The maximum atomic E-state index is 13.4. The van der Waals surface area contributed by atoms with Crippen LogP contribution in [0.2, 0.25) is 0 Å². The zero-order valence-electron chi connectivity index (χ0n) is 19.5. The summed E-state index contributed by atoms with van der Waals surface area (Å²) >= 11 is 5.20. The van der Waals surface area contributed by atoms with Gasteiger partial charge in [0, 0.05) is 17.1 Å². The number of nitrogens with one attached hydrogen (secondary N) is 1. The molecule has 4 rings (SSSR count). The number of hydrogen-bond acceptors (Lipinski definition) is 5. The van der Waals surface area contributed by atoms with E-state index in [2.05, 4.69) is 5.32 Å². The number of aromatic nitrogens is 1. The van der Waals surface area contributed by atoms with Crippen LogP contribution in [0.25, 0.3) is 11.8 Å². The molecular weight excluding hydrogens is 482 g/mol. The van der Waals surface area contributed by atoms with Crippen molar-refractivity contribution in [1.29, 1.82) is 0 Å². The number of benzene rings is 2. The molecule has 1 aliphatic rings. The van der Waals surface area contributed by atoms with E-state index in [1.165, 1.54) is 36.4 Å². The van der Waals surface area contributed by atoms with Gasteiger partial charge in [-0.2, -0.15) is 0 Å². The van der Waals surface area contributed by atoms with Crippen molar-refractivity contribution < 1.29 is 29.4 Å². The number of aromatic carboxylic acids is 2. The topological polar surface area (TPSA) is 129 Å². The lowest BCUT2D eigenvalue weighted by atomic mass is 10.1. The number of anilines is 1. The van der Waals surface area contributed by atoms with Crippen molar-refractivity contribution in [3.63, 3.8) is 0 Å². The van der Waals surface area contributed by atoms with Gasteiger partial charge in [-0.1, -0.05) is 12.1 Å². The number of aryl methyl sites for hydroxylation is 1. The third-order valence-electron chi connectivity index (χ3n) is 6.00. The van der Waals surface area contributed by atoms with Crippen LogP contribution in [0.1, 0.15) is 43.2 Å². The Morgan fingerprint density at radius 1 is 0.972 bits per heavy atom. The van der Waals surface area contributed by atoms with Gasteiger partial charge in [-0.25, -0.2) is 9.59 Å². The fourth-order valence-corrected chi connectivity index (χ4v) is 4.51. The molecular formula is C26H21N3O6S. The first-order valence-electron chi connectivity index (χ1n) is 10.8. The predicted molar refractivity (Wildman–Crippen MR) is 137 cm³/mol. The van der Waals surface area contributed by atoms with Crippen LogP contribution < -0.4 is 10.2 Å². The van der Waals surface area contributed by atoms with Gasteiger partial charge in [0.2, 0.25) is 0 Å². The Morgan fingerprint density at radius 2 is 1.67 bits per heavy atom. The van der Waals surface area contributed by atoms with Gasteiger partial charge >= 0.3 is 11.9 Å². The molecule has 3 aromatic rings. The van der Waals surface area contributed by atoms with Gasteiger partial charge in [-0.15, -0.1) is 0 Å². The molecule has 0 saturated carbocycles. The van der Waals surface area contributed by atoms with Crippen LogP contribution in [-0.2, 0) is 9.59 Å². The highest BCUT2D eigenvalue weighted by Crippen LogP contribution is 2.28. The first-order chi connectivity index (χ1) is 17.0. The lowest BCUT2D eigenvalue weighted by Gasteiger charge is -2.29. The molecule has 182 valence electrons. The largest absolute Gasteiger partial charge is 0.478 e. The summed E-state index contributed by atoms with van der Waals surface area (Å²) in [5.74, 6) is -3.57. The molecule has 1 fully saturated rings. The number of carboxylic acids is 2. The van der Waals surface area contributed by atoms with Crippen molar-refractivity contribution in [1.82, 2.24) is 9.88 Å². The number of amides is 2. The molecule has 36 heavy (non-hydrogen) atoms. The van der Waals surface area contributed by atoms with Crippen molar-refractivity contribution in [2.75, 3.05) is 4.90 Å². The minimum atomic E-state index is -1.17. The Bertz CT molecular complexity index is 1520. The van der Waals surface area contributed by atoms with Gasteiger partial charge in [0.1, 0.15) is 5.57 Å². The Balaban J connectivity index is 1.79. The SMILES string of the molecule is Cc1c(C(=O)O)cccc1-n1c(C)cc(C=C2C(=O)NC(=S)N(c3cccc(C(=O)O)c3)C2=O)c1C. The molecule has 10 heteroatoms. The van der Waals surface area contributed by atoms with E-state index < -0.39 is 23.8 Å². The van der Waals surface area contributed by atoms with E-state index in [1.807, 2.05) is 11.5 Å². The molecule has 1 aliphatic heterocycles. The minimum absolute atomic E-state index is 0.0342. The fourth-order valence-electron chi connectivity index (χ4n) is 4.23. The lowest BCUT2D eigenvalue weighted by Crippen LogP contribution is -2.54. The number of rotatable bonds is 5. The maximum Gasteiger partial charge on any atom is 0.336 e. The van der Waals surface area contributed by atoms with Gasteiger partial charge in [-0.05, 0) is 86.6 Å². The van der Waals surface area contributed by atoms with E-state index in [0.29, 0.717) is 22.5 Å². The van der Waals surface area contributed by atoms with Crippen LogP contribution in [-0.4, -0.2) is 43.6 Å². The average molecular weight is 504 g/mol. The lowest BCUT2D eigenvalue weighted by molar-refractivity contribution is -0.122. The molecule has 2 amide bonds. The Morgan fingerprint density at radius 3 is 2.33 bits per heavy atom. The minimum Gasteiger partial charge on any atom is -0.478 e. The first-order valence-corrected chi connectivity index (χ1v) is 11.2. The van der Waals surface area contributed by atoms with Crippen LogP contribution in [0.15, 0.2) is 54.1 Å². The van der Waals surface area contributed by atoms with Crippen molar-refractivity contribution in [2.45, 2.75) is 20.8 Å². The van der Waals surface area contributed by atoms with E-state index in [1.54, 1.807) is 32.0 Å². The van der Waals surface area contributed by atoms with Crippen molar-refractivity contribution in [3.05, 3.63) is 87.7 Å². The molecule has 0 unspecified atom stereocenters. The monoisotopic (exact) mass is 503 g/mol. The molecule has 0 bridgehead atoms. The average Bonchev–Trinajstić information content (AvgIpc) is 3.09. The summed E-state index contributed by atoms with van der Waals surface area (Å²) in [7, 11) is 0. The Kier molecular flexibility index (Phi) is 6.30. The van der Waals surface area contributed by atoms with Crippen LogP contribution >= 0.6 is 12.2 Å². The molecule has 2 heterocycles. The standard InChI is InChI=1S/C26H21N3O6S/c1-13-10-17(15(3)28(13)21-9-5-8-19(14(21)2)25(34)35)12-20-22(30)27-26(36)29(23(20)31)18-7-4-6-16(11-18)24(32)33/h4-12H,1-3H3,(H,32,33)(H,34,35)(H,27,30,36). The summed E-state index contributed by atoms with van der Waals surface area (Å²) in [6.07, 6.45) is 1.45. The zero-order valence-corrected chi connectivity index (χ0v) is 20.3. The smallest absolute Gasteiger partial charge is 0.336 e. The molecule has 0 atom stereocenters. The number of carboxylic acid groups (broad SMARTS) is 2. The van der Waals surface area contributed by atoms with Gasteiger partial charge in [0.25, 0.3) is 11.8 Å². The summed E-state index contributed by atoms with van der Waals surface area (Å²) < 4.78 is 1.86.